The molecule has 0 aliphatic heterocycles. The van der Waals surface area contributed by atoms with Crippen LogP contribution in [0.3, 0.4) is 0 Å². The molecule has 0 unspecified atom stereocenters. The van der Waals surface area contributed by atoms with Crippen LogP contribution in [0, 0.1) is 6.92 Å². The Hall–Kier alpha value is -1.74. The number of halogens is 1. The number of rotatable bonds is 3. The number of benzene rings is 1. The second-order valence-electron chi connectivity index (χ2n) is 4.03. The van der Waals surface area contributed by atoms with E-state index in [2.05, 4.69) is 0 Å². The first kappa shape index (κ1) is 14.3. The van der Waals surface area contributed by atoms with Gasteiger partial charge in [-0.05, 0) is 31.2 Å². The van der Waals surface area contributed by atoms with E-state index in [0.29, 0.717) is 5.75 Å². The number of aromatic nitrogens is 1. The summed E-state index contributed by atoms with van der Waals surface area (Å²) in [6, 6.07) is 9.80. The molecule has 0 fully saturated rings. The predicted molar refractivity (Wildman–Crippen MR) is 65.1 cm³/mol. The van der Waals surface area contributed by atoms with Crippen LogP contribution >= 0.6 is 0 Å². The Labute approximate surface area is 113 Å². The second kappa shape index (κ2) is 6.26. The minimum absolute atomic E-state index is 0. The van der Waals surface area contributed by atoms with Gasteiger partial charge in [0.15, 0.2) is 18.5 Å². The first-order chi connectivity index (χ1) is 8.19. The SMILES string of the molecule is COc1ccc(C[n+]2ccc(C)c(O)c2)cc1.[Cl-]. The topological polar surface area (TPSA) is 33.3 Å². The van der Waals surface area contributed by atoms with Gasteiger partial charge in [0.1, 0.15) is 5.75 Å². The maximum atomic E-state index is 9.62. The number of methoxy groups -OCH3 is 1. The molecule has 0 amide bonds. The molecule has 0 saturated carbocycles. The summed E-state index contributed by atoms with van der Waals surface area (Å²) in [5.41, 5.74) is 2.05. The fraction of sp³-hybridized carbons (Fsp3) is 0.214. The molecule has 1 aromatic carbocycles. The zero-order chi connectivity index (χ0) is 12.3. The Morgan fingerprint density at radius 3 is 2.39 bits per heavy atom. The van der Waals surface area contributed by atoms with Crippen molar-refractivity contribution >= 4 is 0 Å². The molecular formula is C14H16ClNO2. The van der Waals surface area contributed by atoms with Gasteiger partial charge in [0.2, 0.25) is 6.20 Å². The molecule has 0 spiro atoms. The summed E-state index contributed by atoms with van der Waals surface area (Å²) in [7, 11) is 1.65. The fourth-order valence-corrected chi connectivity index (χ4v) is 1.63. The fourth-order valence-electron chi connectivity index (χ4n) is 1.63. The van der Waals surface area contributed by atoms with Crippen LogP contribution in [0.15, 0.2) is 42.7 Å². The minimum atomic E-state index is 0. The molecular weight excluding hydrogens is 250 g/mol. The van der Waals surface area contributed by atoms with Crippen LogP contribution in [0.4, 0.5) is 0 Å². The molecule has 0 aliphatic carbocycles. The molecule has 2 aromatic rings. The summed E-state index contributed by atoms with van der Waals surface area (Å²) < 4.78 is 7.06. The number of ether oxygens (including phenoxy) is 1. The maximum Gasteiger partial charge on any atom is 0.211 e. The van der Waals surface area contributed by atoms with Crippen molar-refractivity contribution in [2.45, 2.75) is 13.5 Å². The molecule has 1 heterocycles. The minimum Gasteiger partial charge on any atom is -1.00 e. The van der Waals surface area contributed by atoms with Gasteiger partial charge >= 0.3 is 0 Å². The molecule has 3 nitrogen and oxygen atoms in total. The monoisotopic (exact) mass is 265 g/mol. The van der Waals surface area contributed by atoms with Crippen LogP contribution in [0.5, 0.6) is 11.5 Å². The molecule has 1 N–H and O–H groups in total. The number of aryl methyl sites for hydroxylation is 1. The van der Waals surface area contributed by atoms with Gasteiger partial charge in [-0.2, -0.15) is 4.57 Å². The highest BCUT2D eigenvalue weighted by atomic mass is 35.5. The Kier molecular flexibility index (Phi) is 4.98. The molecule has 4 heteroatoms. The van der Waals surface area contributed by atoms with Crippen LogP contribution in [-0.4, -0.2) is 12.2 Å². The van der Waals surface area contributed by atoms with E-state index >= 15 is 0 Å². The third-order valence-corrected chi connectivity index (χ3v) is 2.73. The lowest BCUT2D eigenvalue weighted by Gasteiger charge is -2.02. The highest BCUT2D eigenvalue weighted by Gasteiger charge is 2.06. The first-order valence-electron chi connectivity index (χ1n) is 5.50. The molecule has 0 aliphatic rings. The standard InChI is InChI=1S/C14H15NO2.ClH/c1-11-7-8-15(10-14(11)16)9-12-3-5-13(17-2)6-4-12;/h3-8,10H,9H2,1-2H3;1H. The lowest BCUT2D eigenvalue weighted by atomic mass is 10.2. The van der Waals surface area contributed by atoms with E-state index in [9.17, 15) is 5.11 Å². The molecule has 0 atom stereocenters. The van der Waals surface area contributed by atoms with Gasteiger partial charge in [0.05, 0.1) is 7.11 Å². The molecule has 18 heavy (non-hydrogen) atoms. The Balaban J connectivity index is 0.00000162. The van der Waals surface area contributed by atoms with Gasteiger partial charge in [-0.25, -0.2) is 0 Å². The summed E-state index contributed by atoms with van der Waals surface area (Å²) in [6.45, 7) is 2.62. The summed E-state index contributed by atoms with van der Waals surface area (Å²) in [6.07, 6.45) is 3.69. The van der Waals surface area contributed by atoms with Crippen molar-refractivity contribution in [2.75, 3.05) is 7.11 Å². The summed E-state index contributed by atoms with van der Waals surface area (Å²) in [4.78, 5) is 0. The maximum absolute atomic E-state index is 9.62. The molecule has 0 radical (unpaired) electrons. The Morgan fingerprint density at radius 2 is 1.83 bits per heavy atom. The normalized spacial score (nSPS) is 9.67. The van der Waals surface area contributed by atoms with Crippen LogP contribution in [0.2, 0.25) is 0 Å². The van der Waals surface area contributed by atoms with E-state index in [-0.39, 0.29) is 12.4 Å². The van der Waals surface area contributed by atoms with E-state index < -0.39 is 0 Å². The van der Waals surface area contributed by atoms with E-state index in [1.54, 1.807) is 13.3 Å². The van der Waals surface area contributed by atoms with E-state index in [1.807, 2.05) is 48.0 Å². The van der Waals surface area contributed by atoms with E-state index in [4.69, 9.17) is 4.74 Å². The van der Waals surface area contributed by atoms with Crippen LogP contribution < -0.4 is 21.7 Å². The summed E-state index contributed by atoms with van der Waals surface area (Å²) in [5, 5.41) is 9.62. The lowest BCUT2D eigenvalue weighted by Crippen LogP contribution is -3.00. The Morgan fingerprint density at radius 1 is 1.17 bits per heavy atom. The number of aromatic hydroxyl groups is 1. The van der Waals surface area contributed by atoms with Gasteiger partial charge in [-0.3, -0.25) is 0 Å². The highest BCUT2D eigenvalue weighted by molar-refractivity contribution is 5.27. The third kappa shape index (κ3) is 3.37. The summed E-state index contributed by atoms with van der Waals surface area (Å²) in [5.74, 6) is 1.17. The van der Waals surface area contributed by atoms with Gasteiger partial charge in [0, 0.05) is 17.2 Å². The highest BCUT2D eigenvalue weighted by Crippen LogP contribution is 2.13. The largest absolute Gasteiger partial charge is 1.00 e. The molecule has 96 valence electrons. The number of hydrogen-bond donors (Lipinski definition) is 1. The Bertz CT molecular complexity index is 512. The van der Waals surface area contributed by atoms with Crippen molar-refractivity contribution in [3.05, 3.63) is 53.9 Å². The zero-order valence-corrected chi connectivity index (χ0v) is 11.2. The molecule has 0 saturated heterocycles. The average molecular weight is 266 g/mol. The number of pyridine rings is 1. The van der Waals surface area contributed by atoms with Gasteiger partial charge < -0.3 is 22.3 Å². The second-order valence-corrected chi connectivity index (χ2v) is 4.03. The van der Waals surface area contributed by atoms with Crippen molar-refractivity contribution in [2.24, 2.45) is 0 Å². The molecule has 2 rings (SSSR count). The predicted octanol–water partition coefficient (Wildman–Crippen LogP) is -0.951. The van der Waals surface area contributed by atoms with Crippen molar-refractivity contribution in [3.63, 3.8) is 0 Å². The first-order valence-corrected chi connectivity index (χ1v) is 5.50. The van der Waals surface area contributed by atoms with Crippen LogP contribution in [0.25, 0.3) is 0 Å². The van der Waals surface area contributed by atoms with Gasteiger partial charge in [-0.1, -0.05) is 0 Å². The van der Waals surface area contributed by atoms with Gasteiger partial charge in [0.25, 0.3) is 0 Å². The van der Waals surface area contributed by atoms with Gasteiger partial charge in [-0.15, -0.1) is 0 Å². The average Bonchev–Trinajstić information content (AvgIpc) is 2.35. The van der Waals surface area contributed by atoms with Crippen molar-refractivity contribution in [1.82, 2.24) is 0 Å². The summed E-state index contributed by atoms with van der Waals surface area (Å²) >= 11 is 0. The smallest absolute Gasteiger partial charge is 0.211 e. The molecule has 0 bridgehead atoms. The third-order valence-electron chi connectivity index (χ3n) is 2.73. The number of hydrogen-bond acceptors (Lipinski definition) is 2. The number of nitrogens with zero attached hydrogens (tertiary/aromatic N) is 1. The zero-order valence-electron chi connectivity index (χ0n) is 10.4. The lowest BCUT2D eigenvalue weighted by molar-refractivity contribution is -0.688. The molecule has 1 aromatic heterocycles. The quantitative estimate of drug-likeness (QED) is 0.726. The van der Waals surface area contributed by atoms with E-state index in [0.717, 1.165) is 17.9 Å². The van der Waals surface area contributed by atoms with E-state index in [1.165, 1.54) is 5.56 Å². The van der Waals surface area contributed by atoms with Crippen molar-refractivity contribution in [1.29, 1.82) is 0 Å². The van der Waals surface area contributed by atoms with Crippen LogP contribution in [-0.2, 0) is 6.54 Å². The van der Waals surface area contributed by atoms with Crippen molar-refractivity contribution < 1.29 is 26.8 Å². The van der Waals surface area contributed by atoms with Crippen LogP contribution in [0.1, 0.15) is 11.1 Å². The van der Waals surface area contributed by atoms with Crippen molar-refractivity contribution in [3.8, 4) is 11.5 Å².